The number of hydrogen-bond acceptors (Lipinski definition) is 4. The Kier molecular flexibility index (Phi) is 9.83. The highest BCUT2D eigenvalue weighted by molar-refractivity contribution is 5.80. The van der Waals surface area contributed by atoms with E-state index in [4.69, 9.17) is 4.99 Å². The zero-order chi connectivity index (χ0) is 20.2. The smallest absolute Gasteiger partial charge is 0.305 e. The second-order valence-corrected chi connectivity index (χ2v) is 7.13. The van der Waals surface area contributed by atoms with Crippen LogP contribution >= 0.6 is 0 Å². The number of unbranched alkanes of at least 4 members (excludes halogenated alkanes) is 1. The van der Waals surface area contributed by atoms with Gasteiger partial charge in [-0.2, -0.15) is 0 Å². The van der Waals surface area contributed by atoms with Gasteiger partial charge in [-0.3, -0.25) is 14.7 Å². The van der Waals surface area contributed by atoms with E-state index in [1.165, 1.54) is 12.7 Å². The van der Waals surface area contributed by atoms with E-state index in [9.17, 15) is 4.79 Å². The van der Waals surface area contributed by atoms with Crippen LogP contribution in [0.15, 0.2) is 35.3 Å². The highest BCUT2D eigenvalue weighted by Gasteiger charge is 2.25. The van der Waals surface area contributed by atoms with Crippen LogP contribution in [0.4, 0.5) is 0 Å². The van der Waals surface area contributed by atoms with Gasteiger partial charge in [0, 0.05) is 51.7 Å². The lowest BCUT2D eigenvalue weighted by Crippen LogP contribution is -2.53. The molecule has 1 unspecified atom stereocenters. The van der Waals surface area contributed by atoms with Gasteiger partial charge in [-0.25, -0.2) is 0 Å². The summed E-state index contributed by atoms with van der Waals surface area (Å²) in [7, 11) is 1.43. The predicted molar refractivity (Wildman–Crippen MR) is 114 cm³/mol. The maximum absolute atomic E-state index is 11.2. The van der Waals surface area contributed by atoms with E-state index in [0.29, 0.717) is 12.5 Å². The Morgan fingerprint density at radius 2 is 1.86 bits per heavy atom. The molecule has 0 aliphatic carbocycles. The number of rotatable bonds is 9. The molecule has 2 rings (SSSR count). The summed E-state index contributed by atoms with van der Waals surface area (Å²) in [5, 5.41) is 3.42. The minimum atomic E-state index is -0.143. The van der Waals surface area contributed by atoms with Crippen LogP contribution in [0.2, 0.25) is 0 Å². The zero-order valence-corrected chi connectivity index (χ0v) is 17.7. The number of esters is 1. The topological polar surface area (TPSA) is 57.2 Å². The Bertz CT molecular complexity index is 598. The van der Waals surface area contributed by atoms with Crippen molar-refractivity contribution < 1.29 is 9.53 Å². The summed E-state index contributed by atoms with van der Waals surface area (Å²) >= 11 is 0. The average molecular weight is 389 g/mol. The third-order valence-corrected chi connectivity index (χ3v) is 5.24. The largest absolute Gasteiger partial charge is 0.469 e. The van der Waals surface area contributed by atoms with Crippen molar-refractivity contribution in [3.8, 4) is 0 Å². The van der Waals surface area contributed by atoms with Gasteiger partial charge >= 0.3 is 5.97 Å². The Labute approximate surface area is 170 Å². The summed E-state index contributed by atoms with van der Waals surface area (Å²) in [6.07, 6.45) is 3.31. The van der Waals surface area contributed by atoms with Gasteiger partial charge in [0.25, 0.3) is 0 Å². The number of hydrogen-bond donors (Lipinski definition) is 1. The number of aliphatic imine (C=N–C) groups is 1. The highest BCUT2D eigenvalue weighted by Crippen LogP contribution is 2.25. The minimum Gasteiger partial charge on any atom is -0.469 e. The van der Waals surface area contributed by atoms with E-state index in [1.807, 2.05) is 0 Å². The van der Waals surface area contributed by atoms with Gasteiger partial charge in [0.15, 0.2) is 5.96 Å². The number of nitrogens with zero attached hydrogens (tertiary/aromatic N) is 3. The first-order valence-corrected chi connectivity index (χ1v) is 10.6. The number of benzene rings is 1. The van der Waals surface area contributed by atoms with Crippen LogP contribution in [-0.4, -0.2) is 68.1 Å². The molecule has 0 spiro atoms. The van der Waals surface area contributed by atoms with Gasteiger partial charge in [-0.1, -0.05) is 37.3 Å². The maximum Gasteiger partial charge on any atom is 0.305 e. The van der Waals surface area contributed by atoms with Crippen molar-refractivity contribution in [1.29, 1.82) is 0 Å². The van der Waals surface area contributed by atoms with E-state index in [1.54, 1.807) is 0 Å². The molecule has 6 nitrogen and oxygen atoms in total. The van der Waals surface area contributed by atoms with Crippen LogP contribution in [0.1, 0.15) is 51.1 Å². The molecule has 1 N–H and O–H groups in total. The Hall–Kier alpha value is -2.08. The Morgan fingerprint density at radius 1 is 1.14 bits per heavy atom. The molecule has 1 aliphatic heterocycles. The van der Waals surface area contributed by atoms with Crippen molar-refractivity contribution in [2.45, 2.75) is 45.6 Å². The number of carbonyl (C=O) groups is 1. The lowest BCUT2D eigenvalue weighted by Gasteiger charge is -2.40. The molecular formula is C22H36N4O2. The first-order chi connectivity index (χ1) is 13.7. The Balaban J connectivity index is 1.85. The number of ether oxygens (including phenoxy) is 1. The number of methoxy groups -OCH3 is 1. The quantitative estimate of drug-likeness (QED) is 0.305. The predicted octanol–water partition coefficient (Wildman–Crippen LogP) is 3.06. The number of guanidine groups is 1. The van der Waals surface area contributed by atoms with E-state index in [0.717, 1.165) is 64.5 Å². The van der Waals surface area contributed by atoms with Gasteiger partial charge in [0.2, 0.25) is 0 Å². The van der Waals surface area contributed by atoms with E-state index < -0.39 is 0 Å². The monoisotopic (exact) mass is 388 g/mol. The normalized spacial score (nSPS) is 16.7. The van der Waals surface area contributed by atoms with Crippen LogP contribution in [0, 0.1) is 0 Å². The molecule has 0 aromatic heterocycles. The number of piperazine rings is 1. The fraction of sp³-hybridized carbons (Fsp3) is 0.636. The fourth-order valence-corrected chi connectivity index (χ4v) is 3.72. The lowest BCUT2D eigenvalue weighted by atomic mass is 10.0. The number of carbonyl (C=O) groups excluding carboxylic acids is 1. The summed E-state index contributed by atoms with van der Waals surface area (Å²) in [6, 6.07) is 11.3. The molecule has 1 atom stereocenters. The molecule has 1 saturated heterocycles. The molecule has 0 saturated carbocycles. The molecule has 156 valence electrons. The van der Waals surface area contributed by atoms with E-state index >= 15 is 0 Å². The minimum absolute atomic E-state index is 0.143. The third kappa shape index (κ3) is 6.82. The molecule has 0 bridgehead atoms. The summed E-state index contributed by atoms with van der Waals surface area (Å²) in [5.41, 5.74) is 1.41. The van der Waals surface area contributed by atoms with Crippen LogP contribution in [0.25, 0.3) is 0 Å². The molecule has 1 aliphatic rings. The van der Waals surface area contributed by atoms with Gasteiger partial charge in [0.1, 0.15) is 0 Å². The second-order valence-electron chi connectivity index (χ2n) is 7.13. The summed E-state index contributed by atoms with van der Waals surface area (Å²) in [6.45, 7) is 10.0. The highest BCUT2D eigenvalue weighted by atomic mass is 16.5. The molecular weight excluding hydrogens is 352 g/mol. The SMILES string of the molecule is CCNC(=NCCCCC(=O)OC)N1CCN(C(CC)c2ccccc2)CC1. The molecule has 28 heavy (non-hydrogen) atoms. The molecule has 0 radical (unpaired) electrons. The van der Waals surface area contributed by atoms with E-state index in [-0.39, 0.29) is 5.97 Å². The van der Waals surface area contributed by atoms with Crippen molar-refractivity contribution in [2.75, 3.05) is 46.4 Å². The molecule has 1 fully saturated rings. The molecule has 1 heterocycles. The molecule has 0 amide bonds. The van der Waals surface area contributed by atoms with Crippen LogP contribution in [0.3, 0.4) is 0 Å². The van der Waals surface area contributed by atoms with Crippen LogP contribution < -0.4 is 5.32 Å². The summed E-state index contributed by atoms with van der Waals surface area (Å²) < 4.78 is 4.68. The van der Waals surface area contributed by atoms with Crippen LogP contribution in [0.5, 0.6) is 0 Å². The van der Waals surface area contributed by atoms with Crippen LogP contribution in [-0.2, 0) is 9.53 Å². The third-order valence-electron chi connectivity index (χ3n) is 5.24. The Morgan fingerprint density at radius 3 is 2.46 bits per heavy atom. The molecule has 1 aromatic carbocycles. The second kappa shape index (κ2) is 12.4. The van der Waals surface area contributed by atoms with Crippen molar-refractivity contribution in [1.82, 2.24) is 15.1 Å². The standard InChI is InChI=1S/C22H36N4O2/c1-4-20(19-11-7-6-8-12-19)25-15-17-26(18-16-25)22(23-5-2)24-14-10-9-13-21(27)28-3/h6-8,11-12,20H,4-5,9-10,13-18H2,1-3H3,(H,23,24). The van der Waals surface area contributed by atoms with Crippen molar-refractivity contribution in [3.05, 3.63) is 35.9 Å². The van der Waals surface area contributed by atoms with Gasteiger partial charge in [-0.05, 0) is 31.7 Å². The van der Waals surface area contributed by atoms with Gasteiger partial charge in [-0.15, -0.1) is 0 Å². The molecule has 1 aromatic rings. The van der Waals surface area contributed by atoms with E-state index in [2.05, 4.69) is 64.0 Å². The maximum atomic E-state index is 11.2. The van der Waals surface area contributed by atoms with Gasteiger partial charge < -0.3 is 15.0 Å². The fourth-order valence-electron chi connectivity index (χ4n) is 3.72. The zero-order valence-electron chi connectivity index (χ0n) is 17.7. The van der Waals surface area contributed by atoms with Gasteiger partial charge in [0.05, 0.1) is 7.11 Å². The summed E-state index contributed by atoms with van der Waals surface area (Å²) in [5.74, 6) is 0.851. The van der Waals surface area contributed by atoms with Crippen molar-refractivity contribution >= 4 is 11.9 Å². The van der Waals surface area contributed by atoms with Crippen molar-refractivity contribution in [2.24, 2.45) is 4.99 Å². The molecule has 6 heteroatoms. The lowest BCUT2D eigenvalue weighted by molar-refractivity contribution is -0.140. The average Bonchev–Trinajstić information content (AvgIpc) is 2.74. The number of nitrogens with one attached hydrogen (secondary N) is 1. The first kappa shape index (κ1) is 22.2. The summed E-state index contributed by atoms with van der Waals surface area (Å²) in [4.78, 5) is 20.9. The first-order valence-electron chi connectivity index (χ1n) is 10.6. The van der Waals surface area contributed by atoms with Crippen molar-refractivity contribution in [3.63, 3.8) is 0 Å².